The Morgan fingerprint density at radius 2 is 1.61 bits per heavy atom. The van der Waals surface area contributed by atoms with E-state index in [4.69, 9.17) is 23.2 Å². The van der Waals surface area contributed by atoms with Crippen molar-refractivity contribution in [3.8, 4) is 0 Å². The molecule has 0 fully saturated rings. The summed E-state index contributed by atoms with van der Waals surface area (Å²) in [7, 11) is 0. The van der Waals surface area contributed by atoms with Crippen LogP contribution < -0.4 is 10.9 Å². The van der Waals surface area contributed by atoms with Crippen molar-refractivity contribution >= 4 is 52.4 Å². The molecule has 1 aromatic heterocycles. The summed E-state index contributed by atoms with van der Waals surface area (Å²) >= 11 is 12.7. The van der Waals surface area contributed by atoms with Crippen molar-refractivity contribution in [2.75, 3.05) is 5.43 Å². The zero-order chi connectivity index (χ0) is 20.1. The molecule has 142 valence electrons. The molecule has 1 heterocycles. The van der Waals surface area contributed by atoms with E-state index in [0.717, 1.165) is 11.8 Å². The minimum Gasteiger partial charge on any atom is -0.276 e. The number of carbonyl (C=O) groups excluding carboxylic acids is 1. The van der Waals surface area contributed by atoms with Crippen LogP contribution in [0.3, 0.4) is 0 Å². The van der Waals surface area contributed by atoms with E-state index in [2.05, 4.69) is 20.8 Å². The Balaban J connectivity index is 1.80. The maximum Gasteiger partial charge on any atom is 0.345 e. The van der Waals surface area contributed by atoms with Gasteiger partial charge in [-0.1, -0.05) is 35.0 Å². The number of aromatic nitrogens is 2. The number of nitro groups is 1. The van der Waals surface area contributed by atoms with Crippen molar-refractivity contribution in [2.24, 2.45) is 0 Å². The summed E-state index contributed by atoms with van der Waals surface area (Å²) in [6.45, 7) is 0. The van der Waals surface area contributed by atoms with E-state index in [-0.39, 0.29) is 16.5 Å². The predicted molar refractivity (Wildman–Crippen MR) is 107 cm³/mol. The van der Waals surface area contributed by atoms with Gasteiger partial charge in [-0.2, -0.15) is 0 Å². The Hall–Kier alpha value is -2.88. The van der Waals surface area contributed by atoms with Crippen LogP contribution in [0.25, 0.3) is 0 Å². The van der Waals surface area contributed by atoms with E-state index >= 15 is 0 Å². The highest BCUT2D eigenvalue weighted by Gasteiger charge is 2.24. The van der Waals surface area contributed by atoms with Crippen molar-refractivity contribution in [3.63, 3.8) is 0 Å². The number of nitrogens with one attached hydrogen (secondary N) is 2. The Morgan fingerprint density at radius 3 is 2.21 bits per heavy atom. The molecule has 1 amide bonds. The Kier molecular flexibility index (Phi) is 6.30. The van der Waals surface area contributed by atoms with Gasteiger partial charge in [-0.3, -0.25) is 25.8 Å². The lowest BCUT2D eigenvalue weighted by molar-refractivity contribution is -0.387. The molecule has 8 nitrogen and oxygen atoms in total. The van der Waals surface area contributed by atoms with Gasteiger partial charge in [0, 0.05) is 20.5 Å². The van der Waals surface area contributed by atoms with E-state index < -0.39 is 10.8 Å². The van der Waals surface area contributed by atoms with Gasteiger partial charge in [0.2, 0.25) is 5.82 Å². The van der Waals surface area contributed by atoms with Crippen molar-refractivity contribution in [2.45, 2.75) is 9.92 Å². The van der Waals surface area contributed by atoms with Crippen LogP contribution in [0.5, 0.6) is 0 Å². The first-order chi connectivity index (χ1) is 13.4. The lowest BCUT2D eigenvalue weighted by Gasteiger charge is -2.10. The third-order valence-electron chi connectivity index (χ3n) is 3.40. The SMILES string of the molecule is O=C(NNc1ncnc(Sc2ccc(Cl)cc2)c1[N+](=O)[O-])c1ccc(Cl)cc1. The van der Waals surface area contributed by atoms with Gasteiger partial charge in [-0.15, -0.1) is 0 Å². The average molecular weight is 436 g/mol. The van der Waals surface area contributed by atoms with Crippen LogP contribution in [-0.2, 0) is 0 Å². The lowest BCUT2D eigenvalue weighted by atomic mass is 10.2. The van der Waals surface area contributed by atoms with Crippen LogP contribution in [0, 0.1) is 10.1 Å². The average Bonchev–Trinajstić information content (AvgIpc) is 2.68. The molecule has 11 heteroatoms. The monoisotopic (exact) mass is 435 g/mol. The molecule has 0 aliphatic heterocycles. The van der Waals surface area contributed by atoms with Gasteiger partial charge in [0.05, 0.1) is 4.92 Å². The minimum atomic E-state index is -0.616. The van der Waals surface area contributed by atoms with Crippen LogP contribution in [-0.4, -0.2) is 20.8 Å². The number of amides is 1. The van der Waals surface area contributed by atoms with Gasteiger partial charge < -0.3 is 0 Å². The maximum atomic E-state index is 12.2. The van der Waals surface area contributed by atoms with Crippen molar-refractivity contribution in [1.29, 1.82) is 0 Å². The predicted octanol–water partition coefficient (Wildman–Crippen LogP) is 4.60. The van der Waals surface area contributed by atoms with Crippen LogP contribution in [0.4, 0.5) is 11.5 Å². The second kappa shape index (κ2) is 8.87. The molecule has 28 heavy (non-hydrogen) atoms. The smallest absolute Gasteiger partial charge is 0.276 e. The molecule has 0 unspecified atom stereocenters. The molecule has 3 aromatic rings. The highest BCUT2D eigenvalue weighted by atomic mass is 35.5. The standard InChI is InChI=1S/C17H11Cl2N5O3S/c18-11-3-1-10(2-4-11)16(25)23-22-15-14(24(26)27)17(21-9-20-15)28-13-7-5-12(19)6-8-13/h1-9H,(H,23,25)(H,20,21,22). The number of carbonyl (C=O) groups is 1. The maximum absolute atomic E-state index is 12.2. The normalized spacial score (nSPS) is 10.4. The number of benzene rings is 2. The first-order valence-corrected chi connectivity index (χ1v) is 9.26. The van der Waals surface area contributed by atoms with E-state index in [9.17, 15) is 14.9 Å². The molecule has 0 bridgehead atoms. The molecule has 0 saturated heterocycles. The first kappa shape index (κ1) is 19.9. The Morgan fingerprint density at radius 1 is 1.00 bits per heavy atom. The number of anilines is 1. The summed E-state index contributed by atoms with van der Waals surface area (Å²) in [5, 5.41) is 12.7. The number of hydrogen-bond donors (Lipinski definition) is 2. The largest absolute Gasteiger partial charge is 0.345 e. The fourth-order valence-electron chi connectivity index (χ4n) is 2.10. The summed E-state index contributed by atoms with van der Waals surface area (Å²) in [6, 6.07) is 12.9. The molecule has 2 N–H and O–H groups in total. The molecule has 3 rings (SSSR count). The van der Waals surface area contributed by atoms with Gasteiger partial charge in [0.15, 0.2) is 5.03 Å². The summed E-state index contributed by atoms with van der Waals surface area (Å²) in [4.78, 5) is 31.7. The Labute approximate surface area is 173 Å². The quantitative estimate of drug-likeness (QED) is 0.330. The fourth-order valence-corrected chi connectivity index (χ4v) is 3.21. The molecule has 0 saturated carbocycles. The van der Waals surface area contributed by atoms with E-state index in [0.29, 0.717) is 20.5 Å². The minimum absolute atomic E-state index is 0.116. The molecular weight excluding hydrogens is 425 g/mol. The van der Waals surface area contributed by atoms with E-state index in [1.54, 1.807) is 36.4 Å². The van der Waals surface area contributed by atoms with Crippen molar-refractivity contribution < 1.29 is 9.72 Å². The van der Waals surface area contributed by atoms with Crippen LogP contribution in [0.15, 0.2) is 64.8 Å². The van der Waals surface area contributed by atoms with Gasteiger partial charge in [-0.25, -0.2) is 9.97 Å². The fraction of sp³-hybridized carbons (Fsp3) is 0. The van der Waals surface area contributed by atoms with Crippen LogP contribution >= 0.6 is 35.0 Å². The van der Waals surface area contributed by atoms with Gasteiger partial charge in [-0.05, 0) is 48.5 Å². The second-order valence-corrected chi connectivity index (χ2v) is 7.21. The van der Waals surface area contributed by atoms with Crippen LogP contribution in [0.1, 0.15) is 10.4 Å². The van der Waals surface area contributed by atoms with Gasteiger partial charge in [0.1, 0.15) is 6.33 Å². The molecular formula is C17H11Cl2N5O3S. The zero-order valence-corrected chi connectivity index (χ0v) is 16.3. The number of nitrogens with zero attached hydrogens (tertiary/aromatic N) is 3. The summed E-state index contributed by atoms with van der Waals surface area (Å²) in [6.07, 6.45) is 1.17. The van der Waals surface area contributed by atoms with E-state index in [1.165, 1.54) is 18.5 Å². The molecule has 0 radical (unpaired) electrons. The van der Waals surface area contributed by atoms with Crippen molar-refractivity contribution in [1.82, 2.24) is 15.4 Å². The zero-order valence-electron chi connectivity index (χ0n) is 13.9. The number of hydrazine groups is 1. The molecule has 0 spiro atoms. The third kappa shape index (κ3) is 4.89. The highest BCUT2D eigenvalue weighted by molar-refractivity contribution is 7.99. The molecule has 0 aliphatic carbocycles. The summed E-state index contributed by atoms with van der Waals surface area (Å²) in [5.41, 5.74) is 4.82. The number of rotatable bonds is 6. The molecule has 0 aliphatic rings. The van der Waals surface area contributed by atoms with Gasteiger partial charge >= 0.3 is 5.69 Å². The van der Waals surface area contributed by atoms with Crippen LogP contribution in [0.2, 0.25) is 10.0 Å². The number of hydrogen-bond acceptors (Lipinski definition) is 7. The number of halogens is 2. The summed E-state index contributed by atoms with van der Waals surface area (Å²) < 4.78 is 0. The first-order valence-electron chi connectivity index (χ1n) is 7.69. The molecule has 0 atom stereocenters. The van der Waals surface area contributed by atoms with E-state index in [1.807, 2.05) is 0 Å². The topological polar surface area (TPSA) is 110 Å². The third-order valence-corrected chi connectivity index (χ3v) is 4.90. The summed E-state index contributed by atoms with van der Waals surface area (Å²) in [5.74, 6) is -0.643. The van der Waals surface area contributed by atoms with Gasteiger partial charge in [0.25, 0.3) is 5.91 Å². The Bertz CT molecular complexity index is 1020. The lowest BCUT2D eigenvalue weighted by Crippen LogP contribution is -2.30. The van der Waals surface area contributed by atoms with Crippen molar-refractivity contribution in [3.05, 3.63) is 80.6 Å². The molecule has 2 aromatic carbocycles. The highest BCUT2D eigenvalue weighted by Crippen LogP contribution is 2.36. The second-order valence-electron chi connectivity index (χ2n) is 5.28.